The average molecular weight is 552 g/mol. The minimum atomic E-state index is -0.957. The Labute approximate surface area is 225 Å². The van der Waals surface area contributed by atoms with Crippen molar-refractivity contribution in [1.29, 1.82) is 0 Å². The number of aliphatic hydroxyl groups is 3. The fourth-order valence-corrected chi connectivity index (χ4v) is 3.47. The van der Waals surface area contributed by atoms with Crippen molar-refractivity contribution in [3.63, 3.8) is 0 Å². The molecule has 0 heterocycles. The molecule has 0 spiro atoms. The van der Waals surface area contributed by atoms with Gasteiger partial charge in [0.05, 0.1) is 59.3 Å². The van der Waals surface area contributed by atoms with Crippen LogP contribution < -0.4 is 10.6 Å². The van der Waals surface area contributed by atoms with Gasteiger partial charge in [0.15, 0.2) is 0 Å². The van der Waals surface area contributed by atoms with Gasteiger partial charge in [0.1, 0.15) is 0 Å². The fourth-order valence-electron chi connectivity index (χ4n) is 3.47. The number of aliphatic hydroxyl groups excluding tert-OH is 3. The Balaban J connectivity index is 4.73. The van der Waals surface area contributed by atoms with Crippen molar-refractivity contribution < 1.29 is 44.3 Å². The van der Waals surface area contributed by atoms with Crippen molar-refractivity contribution in [3.8, 4) is 0 Å². The molecule has 14 heteroatoms. The van der Waals surface area contributed by atoms with E-state index in [1.807, 2.05) is 16.7 Å². The monoisotopic (exact) mass is 551 g/mol. The lowest BCUT2D eigenvalue weighted by Crippen LogP contribution is -2.46. The first kappa shape index (κ1) is 36.1. The zero-order chi connectivity index (χ0) is 28.4. The van der Waals surface area contributed by atoms with Crippen LogP contribution in [0.15, 0.2) is 0 Å². The summed E-state index contributed by atoms with van der Waals surface area (Å²) in [5, 5.41) is 41.4. The summed E-state index contributed by atoms with van der Waals surface area (Å²) in [7, 11) is 0. The van der Waals surface area contributed by atoms with Crippen LogP contribution in [0.2, 0.25) is 0 Å². The second kappa shape index (κ2) is 25.4. The number of carboxylic acids is 1. The molecule has 14 nitrogen and oxygen atoms in total. The van der Waals surface area contributed by atoms with Gasteiger partial charge in [-0.1, -0.05) is 6.92 Å². The summed E-state index contributed by atoms with van der Waals surface area (Å²) >= 11 is 0. The number of nitrogens with zero attached hydrogens (tertiary/aromatic N) is 3. The quantitative estimate of drug-likeness (QED) is 0.0570. The molecular formula is C24H49N5O9. The van der Waals surface area contributed by atoms with E-state index in [1.165, 1.54) is 0 Å². The van der Waals surface area contributed by atoms with Gasteiger partial charge in [0.2, 0.25) is 11.8 Å². The number of nitrogens with one attached hydrogen (secondary N) is 2. The predicted octanol–water partition coefficient (Wildman–Crippen LogP) is -2.98. The Kier molecular flexibility index (Phi) is 24.1. The van der Waals surface area contributed by atoms with Crippen LogP contribution in [0, 0.1) is 0 Å². The summed E-state index contributed by atoms with van der Waals surface area (Å²) < 4.78 is 10.3. The van der Waals surface area contributed by atoms with Gasteiger partial charge in [-0.3, -0.25) is 29.1 Å². The van der Waals surface area contributed by atoms with Crippen molar-refractivity contribution in [3.05, 3.63) is 0 Å². The Bertz CT molecular complexity index is 616. The van der Waals surface area contributed by atoms with Crippen LogP contribution >= 0.6 is 0 Å². The lowest BCUT2D eigenvalue weighted by atomic mass is 10.3. The van der Waals surface area contributed by atoms with E-state index in [2.05, 4.69) is 10.6 Å². The summed E-state index contributed by atoms with van der Waals surface area (Å²) in [4.78, 5) is 41.6. The summed E-state index contributed by atoms with van der Waals surface area (Å²) in [5.41, 5.74) is 0. The molecule has 0 rings (SSSR count). The molecule has 0 aromatic heterocycles. The van der Waals surface area contributed by atoms with E-state index in [0.717, 1.165) is 0 Å². The molecule has 0 aliphatic carbocycles. The van der Waals surface area contributed by atoms with Gasteiger partial charge in [0, 0.05) is 45.9 Å². The van der Waals surface area contributed by atoms with Gasteiger partial charge in [-0.15, -0.1) is 0 Å². The van der Waals surface area contributed by atoms with Crippen LogP contribution in [-0.4, -0.2) is 171 Å². The maximum Gasteiger partial charge on any atom is 0.317 e. The van der Waals surface area contributed by atoms with Crippen molar-refractivity contribution >= 4 is 17.8 Å². The number of carbonyl (C=O) groups excluding carboxylic acids is 2. The lowest BCUT2D eigenvalue weighted by Gasteiger charge is -2.28. The number of hydrogen-bond donors (Lipinski definition) is 6. The number of amides is 2. The zero-order valence-corrected chi connectivity index (χ0v) is 22.8. The van der Waals surface area contributed by atoms with E-state index in [-0.39, 0.29) is 64.5 Å². The van der Waals surface area contributed by atoms with E-state index in [0.29, 0.717) is 78.4 Å². The number of aliphatic carboxylic acids is 1. The second-order valence-corrected chi connectivity index (χ2v) is 8.62. The fraction of sp³-hybridized carbons (Fsp3) is 0.875. The maximum atomic E-state index is 12.3. The van der Waals surface area contributed by atoms with Crippen LogP contribution in [0.25, 0.3) is 0 Å². The Morgan fingerprint density at radius 3 is 1.55 bits per heavy atom. The molecule has 0 aromatic carbocycles. The average Bonchev–Trinajstić information content (AvgIpc) is 2.88. The third kappa shape index (κ3) is 22.1. The van der Waals surface area contributed by atoms with Crippen LogP contribution in [0.5, 0.6) is 0 Å². The molecule has 0 bridgehead atoms. The molecular weight excluding hydrogens is 502 g/mol. The maximum absolute atomic E-state index is 12.3. The van der Waals surface area contributed by atoms with Crippen LogP contribution in [0.3, 0.4) is 0 Å². The van der Waals surface area contributed by atoms with Crippen LogP contribution in [0.4, 0.5) is 0 Å². The van der Waals surface area contributed by atoms with Gasteiger partial charge in [0.25, 0.3) is 0 Å². The molecule has 0 aromatic rings. The summed E-state index contributed by atoms with van der Waals surface area (Å²) in [6.07, 6.45) is 1.30. The van der Waals surface area contributed by atoms with Gasteiger partial charge in [-0.2, -0.15) is 0 Å². The summed E-state index contributed by atoms with van der Waals surface area (Å²) in [6, 6.07) is 0. The number of likely N-dealkylation sites (N-methyl/N-ethyl adjacent to an activating group) is 1. The second-order valence-electron chi connectivity index (χ2n) is 8.62. The Morgan fingerprint density at radius 1 is 0.632 bits per heavy atom. The lowest BCUT2D eigenvalue weighted by molar-refractivity contribution is -0.138. The molecule has 0 atom stereocenters. The van der Waals surface area contributed by atoms with Gasteiger partial charge >= 0.3 is 5.97 Å². The van der Waals surface area contributed by atoms with Crippen LogP contribution in [0.1, 0.15) is 19.8 Å². The normalized spacial score (nSPS) is 11.4. The molecule has 2 amide bonds. The largest absolute Gasteiger partial charge is 0.480 e. The standard InChI is InChI=1S/C24H49N5O9/c1-2-27(19-22(33)25-5-15-37-17-13-31)8-9-29(21-24(35)36)11-10-28(7-3-4-12-30)20-23(34)26-6-16-38-18-14-32/h30-32H,2-21H2,1H3,(H,25,33)(H,26,34)(H,35,36). The van der Waals surface area contributed by atoms with Gasteiger partial charge < -0.3 is 40.5 Å². The first-order valence-electron chi connectivity index (χ1n) is 13.3. The number of carbonyl (C=O) groups is 3. The molecule has 0 radical (unpaired) electrons. The Morgan fingerprint density at radius 2 is 1.11 bits per heavy atom. The molecule has 0 saturated carbocycles. The van der Waals surface area contributed by atoms with Crippen molar-refractivity contribution in [2.45, 2.75) is 19.8 Å². The molecule has 0 aliphatic heterocycles. The predicted molar refractivity (Wildman–Crippen MR) is 141 cm³/mol. The highest BCUT2D eigenvalue weighted by molar-refractivity contribution is 5.78. The topological polar surface area (TPSA) is 184 Å². The molecule has 0 unspecified atom stereocenters. The SMILES string of the molecule is CCN(CCN(CCN(CCCCO)CC(=O)NCCOCCO)CC(=O)O)CC(=O)NCCOCCO. The molecule has 224 valence electrons. The smallest absolute Gasteiger partial charge is 0.317 e. The highest BCUT2D eigenvalue weighted by atomic mass is 16.5. The first-order chi connectivity index (χ1) is 18.4. The third-order valence-corrected chi connectivity index (χ3v) is 5.50. The van der Waals surface area contributed by atoms with E-state index in [9.17, 15) is 19.5 Å². The minimum absolute atomic E-state index is 0.0590. The number of hydrogen-bond acceptors (Lipinski definition) is 11. The number of carboxylic acid groups (broad SMARTS) is 1. The highest BCUT2D eigenvalue weighted by Gasteiger charge is 2.17. The number of unbranched alkanes of at least 4 members (excludes halogenated alkanes) is 1. The highest BCUT2D eigenvalue weighted by Crippen LogP contribution is 1.99. The molecule has 0 fully saturated rings. The van der Waals surface area contributed by atoms with Crippen molar-refractivity contribution in [1.82, 2.24) is 25.3 Å². The van der Waals surface area contributed by atoms with Crippen molar-refractivity contribution in [2.75, 3.05) is 118 Å². The van der Waals surface area contributed by atoms with E-state index in [4.69, 9.17) is 24.8 Å². The third-order valence-electron chi connectivity index (χ3n) is 5.50. The molecule has 38 heavy (non-hydrogen) atoms. The van der Waals surface area contributed by atoms with Gasteiger partial charge in [-0.25, -0.2) is 0 Å². The van der Waals surface area contributed by atoms with E-state index >= 15 is 0 Å². The summed E-state index contributed by atoms with van der Waals surface area (Å²) in [6.45, 7) is 6.72. The molecule has 6 N–H and O–H groups in total. The molecule has 0 aliphatic rings. The van der Waals surface area contributed by atoms with Gasteiger partial charge in [-0.05, 0) is 25.9 Å². The first-order valence-corrected chi connectivity index (χ1v) is 13.3. The minimum Gasteiger partial charge on any atom is -0.480 e. The Hall–Kier alpha value is -1.91. The molecule has 0 saturated heterocycles. The van der Waals surface area contributed by atoms with Crippen molar-refractivity contribution in [2.24, 2.45) is 0 Å². The summed E-state index contributed by atoms with van der Waals surface area (Å²) in [5.74, 6) is -1.30. The zero-order valence-electron chi connectivity index (χ0n) is 22.8. The number of ether oxygens (including phenoxy) is 2. The van der Waals surface area contributed by atoms with E-state index in [1.54, 1.807) is 4.90 Å². The van der Waals surface area contributed by atoms with Crippen LogP contribution in [-0.2, 0) is 23.9 Å². The van der Waals surface area contributed by atoms with E-state index < -0.39 is 5.97 Å². The number of rotatable bonds is 27.